The minimum absolute atomic E-state index is 1.02. The molecule has 0 atom stereocenters. The first-order valence-electron chi connectivity index (χ1n) is 3.46. The SMILES string of the molecule is C=CC(=C)C.CCCC. The van der Waals surface area contributed by atoms with Crippen molar-refractivity contribution in [2.24, 2.45) is 0 Å². The van der Waals surface area contributed by atoms with E-state index in [1.54, 1.807) is 6.08 Å². The Kier molecular flexibility index (Phi) is 13.1. The fourth-order valence-electron chi connectivity index (χ4n) is 0. The molecular weight excluding hydrogens is 108 g/mol. The van der Waals surface area contributed by atoms with Crippen molar-refractivity contribution in [1.82, 2.24) is 0 Å². The topological polar surface area (TPSA) is 0 Å². The van der Waals surface area contributed by atoms with Crippen molar-refractivity contribution in [2.75, 3.05) is 0 Å². The number of hydrogen-bond acceptors (Lipinski definition) is 0. The van der Waals surface area contributed by atoms with Gasteiger partial charge in [-0.05, 0) is 6.92 Å². The second-order valence-electron chi connectivity index (χ2n) is 2.05. The van der Waals surface area contributed by atoms with Gasteiger partial charge in [0.05, 0.1) is 0 Å². The van der Waals surface area contributed by atoms with Crippen molar-refractivity contribution in [2.45, 2.75) is 33.6 Å². The summed E-state index contributed by atoms with van der Waals surface area (Å²) in [5.74, 6) is 0. The van der Waals surface area contributed by atoms with E-state index in [-0.39, 0.29) is 0 Å². The van der Waals surface area contributed by atoms with Crippen LogP contribution in [0.3, 0.4) is 0 Å². The van der Waals surface area contributed by atoms with Crippen LogP contribution in [0.25, 0.3) is 0 Å². The molecule has 54 valence electrons. The monoisotopic (exact) mass is 126 g/mol. The highest BCUT2D eigenvalue weighted by molar-refractivity contribution is 5.05. The molecule has 9 heavy (non-hydrogen) atoms. The molecule has 0 spiro atoms. The van der Waals surface area contributed by atoms with E-state index in [0.717, 1.165) is 5.57 Å². The van der Waals surface area contributed by atoms with Gasteiger partial charge in [0, 0.05) is 0 Å². The van der Waals surface area contributed by atoms with Gasteiger partial charge in [-0.1, -0.05) is 51.5 Å². The van der Waals surface area contributed by atoms with Gasteiger partial charge in [-0.25, -0.2) is 0 Å². The first-order valence-corrected chi connectivity index (χ1v) is 3.46. The van der Waals surface area contributed by atoms with E-state index in [4.69, 9.17) is 0 Å². The first-order chi connectivity index (χ1) is 4.18. The molecular formula is C9H18. The summed E-state index contributed by atoms with van der Waals surface area (Å²) < 4.78 is 0. The molecule has 0 heterocycles. The maximum absolute atomic E-state index is 3.56. The fourth-order valence-corrected chi connectivity index (χ4v) is 0. The summed E-state index contributed by atoms with van der Waals surface area (Å²) >= 11 is 0. The number of allylic oxidation sites excluding steroid dienone is 2. The van der Waals surface area contributed by atoms with Gasteiger partial charge in [-0.3, -0.25) is 0 Å². The van der Waals surface area contributed by atoms with Crippen LogP contribution in [-0.2, 0) is 0 Å². The summed E-state index contributed by atoms with van der Waals surface area (Å²) in [4.78, 5) is 0. The smallest absolute Gasteiger partial charge is 0.0404 e. The van der Waals surface area contributed by atoms with Gasteiger partial charge >= 0.3 is 0 Å². The number of rotatable bonds is 2. The zero-order chi connectivity index (χ0) is 7.70. The highest BCUT2D eigenvalue weighted by atomic mass is 13.7. The highest BCUT2D eigenvalue weighted by Crippen LogP contribution is 1.81. The first kappa shape index (κ1) is 11.3. The van der Waals surface area contributed by atoms with Crippen molar-refractivity contribution in [3.8, 4) is 0 Å². The van der Waals surface area contributed by atoms with Crippen molar-refractivity contribution >= 4 is 0 Å². The van der Waals surface area contributed by atoms with Crippen LogP contribution in [-0.4, -0.2) is 0 Å². The second kappa shape index (κ2) is 10.5. The third kappa shape index (κ3) is 36.5. The lowest BCUT2D eigenvalue weighted by Crippen LogP contribution is -1.50. The molecule has 0 saturated heterocycles. The molecule has 0 heteroatoms. The molecule has 0 aliphatic rings. The minimum Gasteiger partial charge on any atom is -0.0988 e. The average Bonchev–Trinajstić information content (AvgIpc) is 1.89. The predicted molar refractivity (Wildman–Crippen MR) is 45.6 cm³/mol. The van der Waals surface area contributed by atoms with E-state index in [2.05, 4.69) is 27.0 Å². The summed E-state index contributed by atoms with van der Waals surface area (Å²) in [7, 11) is 0. The quantitative estimate of drug-likeness (QED) is 0.496. The van der Waals surface area contributed by atoms with E-state index in [9.17, 15) is 0 Å². The Balaban J connectivity index is 0. The van der Waals surface area contributed by atoms with Crippen LogP contribution in [0.15, 0.2) is 24.8 Å². The molecule has 0 saturated carbocycles. The molecule has 0 aliphatic carbocycles. The molecule has 0 nitrogen and oxygen atoms in total. The third-order valence-electron chi connectivity index (χ3n) is 0.848. The maximum Gasteiger partial charge on any atom is -0.0404 e. The summed E-state index contributed by atoms with van der Waals surface area (Å²) in [6, 6.07) is 0. The summed E-state index contributed by atoms with van der Waals surface area (Å²) in [5.41, 5.74) is 1.02. The lowest BCUT2D eigenvalue weighted by Gasteiger charge is -1.71. The van der Waals surface area contributed by atoms with Crippen molar-refractivity contribution in [3.63, 3.8) is 0 Å². The summed E-state index contributed by atoms with van der Waals surface area (Å²) in [5, 5.41) is 0. The van der Waals surface area contributed by atoms with Gasteiger partial charge in [0.2, 0.25) is 0 Å². The Hall–Kier alpha value is -0.520. The zero-order valence-electron chi connectivity index (χ0n) is 6.91. The number of unbranched alkanes of at least 4 members (excludes halogenated alkanes) is 1. The third-order valence-corrected chi connectivity index (χ3v) is 0.848. The Morgan fingerprint density at radius 3 is 1.56 bits per heavy atom. The van der Waals surface area contributed by atoms with Gasteiger partial charge in [-0.2, -0.15) is 0 Å². The lowest BCUT2D eigenvalue weighted by molar-refractivity contribution is 0.886. The van der Waals surface area contributed by atoms with E-state index >= 15 is 0 Å². The zero-order valence-corrected chi connectivity index (χ0v) is 6.91. The van der Waals surface area contributed by atoms with E-state index in [1.807, 2.05) is 6.92 Å². The Labute approximate surface area is 59.3 Å². The van der Waals surface area contributed by atoms with Crippen LogP contribution in [0, 0.1) is 0 Å². The van der Waals surface area contributed by atoms with Crippen LogP contribution in [0.5, 0.6) is 0 Å². The van der Waals surface area contributed by atoms with Gasteiger partial charge in [0.15, 0.2) is 0 Å². The standard InChI is InChI=1S/C5H8.C4H10/c1-4-5(2)3;1-3-4-2/h4H,1-2H2,3H3;3-4H2,1-2H3. The molecule has 0 aliphatic heterocycles. The van der Waals surface area contributed by atoms with Gasteiger partial charge in [0.25, 0.3) is 0 Å². The molecule has 0 amide bonds. The predicted octanol–water partition coefficient (Wildman–Crippen LogP) is 3.55. The number of hydrogen-bond donors (Lipinski definition) is 0. The van der Waals surface area contributed by atoms with Crippen molar-refractivity contribution < 1.29 is 0 Å². The fraction of sp³-hybridized carbons (Fsp3) is 0.556. The molecule has 0 aromatic rings. The molecule has 0 radical (unpaired) electrons. The van der Waals surface area contributed by atoms with E-state index in [1.165, 1.54) is 12.8 Å². The lowest BCUT2D eigenvalue weighted by atomic mass is 10.4. The van der Waals surface area contributed by atoms with Gasteiger partial charge in [0.1, 0.15) is 0 Å². The minimum atomic E-state index is 1.02. The van der Waals surface area contributed by atoms with Crippen molar-refractivity contribution in [3.05, 3.63) is 24.8 Å². The van der Waals surface area contributed by atoms with E-state index in [0.29, 0.717) is 0 Å². The molecule has 0 rings (SSSR count). The largest absolute Gasteiger partial charge is 0.0988 e. The molecule has 0 N–H and O–H groups in total. The van der Waals surface area contributed by atoms with Gasteiger partial charge in [-0.15, -0.1) is 0 Å². The average molecular weight is 126 g/mol. The highest BCUT2D eigenvalue weighted by Gasteiger charge is 1.59. The maximum atomic E-state index is 3.56. The molecule has 0 fully saturated rings. The second-order valence-corrected chi connectivity index (χ2v) is 2.05. The molecule has 0 unspecified atom stereocenters. The van der Waals surface area contributed by atoms with Crippen LogP contribution < -0.4 is 0 Å². The Morgan fingerprint density at radius 1 is 1.33 bits per heavy atom. The van der Waals surface area contributed by atoms with Crippen LogP contribution in [0.1, 0.15) is 33.6 Å². The van der Waals surface area contributed by atoms with E-state index < -0.39 is 0 Å². The van der Waals surface area contributed by atoms with Crippen LogP contribution >= 0.6 is 0 Å². The van der Waals surface area contributed by atoms with Crippen LogP contribution in [0.2, 0.25) is 0 Å². The van der Waals surface area contributed by atoms with Crippen molar-refractivity contribution in [1.29, 1.82) is 0 Å². The summed E-state index contributed by atoms with van der Waals surface area (Å²) in [6.45, 7) is 13.3. The van der Waals surface area contributed by atoms with Gasteiger partial charge < -0.3 is 0 Å². The summed E-state index contributed by atoms with van der Waals surface area (Å²) in [6.07, 6.45) is 4.36. The molecule has 0 aromatic carbocycles. The normalized spacial score (nSPS) is 7.00. The molecule has 0 bridgehead atoms. The molecule has 0 aromatic heterocycles. The Morgan fingerprint density at radius 2 is 1.56 bits per heavy atom. The van der Waals surface area contributed by atoms with Crippen LogP contribution in [0.4, 0.5) is 0 Å². The Bertz CT molecular complexity index is 68.1.